The molecule has 2 unspecified atom stereocenters. The van der Waals surface area contributed by atoms with E-state index in [2.05, 4.69) is 17.3 Å². The molecule has 1 aliphatic heterocycles. The van der Waals surface area contributed by atoms with Gasteiger partial charge in [0.15, 0.2) is 0 Å². The van der Waals surface area contributed by atoms with Gasteiger partial charge in [-0.2, -0.15) is 0 Å². The van der Waals surface area contributed by atoms with Crippen molar-refractivity contribution in [3.63, 3.8) is 0 Å². The first-order valence-corrected chi connectivity index (χ1v) is 7.82. The molecule has 2 rings (SSSR count). The van der Waals surface area contributed by atoms with Crippen molar-refractivity contribution in [1.29, 1.82) is 0 Å². The van der Waals surface area contributed by atoms with Gasteiger partial charge in [0.25, 0.3) is 0 Å². The number of benzene rings is 1. The van der Waals surface area contributed by atoms with E-state index < -0.39 is 0 Å². The summed E-state index contributed by atoms with van der Waals surface area (Å²) in [4.78, 5) is 14.5. The summed E-state index contributed by atoms with van der Waals surface area (Å²) in [5, 5.41) is 3.16. The third-order valence-electron chi connectivity index (χ3n) is 3.98. The summed E-state index contributed by atoms with van der Waals surface area (Å²) in [5.74, 6) is 0.993. The molecular formula is C17H26N2O2. The van der Waals surface area contributed by atoms with Crippen molar-refractivity contribution in [3.8, 4) is 5.75 Å². The molecule has 1 heterocycles. The molecule has 4 heteroatoms. The van der Waals surface area contributed by atoms with Crippen molar-refractivity contribution >= 4 is 5.91 Å². The number of nitrogens with zero attached hydrogens (tertiary/aromatic N) is 1. The van der Waals surface area contributed by atoms with Crippen LogP contribution in [0.2, 0.25) is 0 Å². The molecule has 2 atom stereocenters. The summed E-state index contributed by atoms with van der Waals surface area (Å²) < 4.78 is 5.65. The molecule has 0 aliphatic carbocycles. The summed E-state index contributed by atoms with van der Waals surface area (Å²) in [7, 11) is 2.11. The number of hydrogen-bond donors (Lipinski definition) is 1. The Labute approximate surface area is 127 Å². The second kappa shape index (κ2) is 8.03. The van der Waals surface area contributed by atoms with E-state index in [1.165, 1.54) is 0 Å². The lowest BCUT2D eigenvalue weighted by Gasteiger charge is -2.31. The maximum Gasteiger partial charge on any atom is 0.223 e. The van der Waals surface area contributed by atoms with E-state index in [0.29, 0.717) is 12.6 Å². The number of rotatable bonds is 6. The van der Waals surface area contributed by atoms with Crippen LogP contribution in [0.3, 0.4) is 0 Å². The molecule has 4 nitrogen and oxygen atoms in total. The minimum atomic E-state index is -0.0130. The summed E-state index contributed by atoms with van der Waals surface area (Å²) in [5.41, 5.74) is 0. The Bertz CT molecular complexity index is 436. The Balaban J connectivity index is 1.67. The van der Waals surface area contributed by atoms with Crippen LogP contribution in [-0.2, 0) is 4.79 Å². The smallest absolute Gasteiger partial charge is 0.223 e. The van der Waals surface area contributed by atoms with Crippen molar-refractivity contribution in [1.82, 2.24) is 10.2 Å². The largest absolute Gasteiger partial charge is 0.494 e. The molecule has 1 saturated heterocycles. The summed E-state index contributed by atoms with van der Waals surface area (Å²) in [6.07, 6.45) is 2.99. The first-order valence-electron chi connectivity index (χ1n) is 7.82. The zero-order chi connectivity index (χ0) is 15.1. The Kier molecular flexibility index (Phi) is 6.05. The van der Waals surface area contributed by atoms with Gasteiger partial charge in [-0.3, -0.25) is 4.79 Å². The van der Waals surface area contributed by atoms with Gasteiger partial charge in [-0.25, -0.2) is 0 Å². The number of ether oxygens (including phenoxy) is 1. The average molecular weight is 290 g/mol. The highest BCUT2D eigenvalue weighted by Crippen LogP contribution is 2.12. The second-order valence-electron chi connectivity index (χ2n) is 5.96. The minimum absolute atomic E-state index is 0.0130. The van der Waals surface area contributed by atoms with E-state index in [4.69, 9.17) is 4.74 Å². The maximum atomic E-state index is 12.2. The highest BCUT2D eigenvalue weighted by Gasteiger charge is 2.21. The fraction of sp³-hybridized carbons (Fsp3) is 0.588. The molecule has 0 spiro atoms. The van der Waals surface area contributed by atoms with Crippen molar-refractivity contribution in [2.45, 2.75) is 32.2 Å². The van der Waals surface area contributed by atoms with E-state index in [1.807, 2.05) is 37.3 Å². The van der Waals surface area contributed by atoms with Gasteiger partial charge < -0.3 is 15.0 Å². The monoisotopic (exact) mass is 290 g/mol. The van der Waals surface area contributed by atoms with Crippen LogP contribution in [-0.4, -0.2) is 43.6 Å². The molecule has 0 aromatic heterocycles. The topological polar surface area (TPSA) is 41.6 Å². The van der Waals surface area contributed by atoms with Crippen LogP contribution in [0, 0.1) is 5.92 Å². The number of carbonyl (C=O) groups is 1. The van der Waals surface area contributed by atoms with E-state index in [-0.39, 0.29) is 11.8 Å². The zero-order valence-corrected chi connectivity index (χ0v) is 13.0. The Hall–Kier alpha value is -1.55. The Morgan fingerprint density at radius 2 is 2.19 bits per heavy atom. The third kappa shape index (κ3) is 5.38. The van der Waals surface area contributed by atoms with Gasteiger partial charge >= 0.3 is 0 Å². The first-order chi connectivity index (χ1) is 10.1. The Morgan fingerprint density at radius 1 is 1.43 bits per heavy atom. The van der Waals surface area contributed by atoms with E-state index >= 15 is 0 Å². The molecule has 1 aliphatic rings. The van der Waals surface area contributed by atoms with Gasteiger partial charge in [0.2, 0.25) is 5.91 Å². The summed E-state index contributed by atoms with van der Waals surface area (Å²) in [6, 6.07) is 10.0. The maximum absolute atomic E-state index is 12.2. The number of hydrogen-bond acceptors (Lipinski definition) is 3. The molecule has 1 aromatic rings. The van der Waals surface area contributed by atoms with Crippen molar-refractivity contribution < 1.29 is 9.53 Å². The quantitative estimate of drug-likeness (QED) is 0.874. The van der Waals surface area contributed by atoms with Crippen LogP contribution in [0.25, 0.3) is 0 Å². The number of carbonyl (C=O) groups excluding carboxylic acids is 1. The summed E-state index contributed by atoms with van der Waals surface area (Å²) >= 11 is 0. The predicted octanol–water partition coefficient (Wildman–Crippen LogP) is 2.30. The number of amides is 1. The molecule has 1 fully saturated rings. The van der Waals surface area contributed by atoms with E-state index in [0.717, 1.165) is 38.1 Å². The van der Waals surface area contributed by atoms with Gasteiger partial charge in [-0.15, -0.1) is 0 Å². The number of piperidine rings is 1. The van der Waals surface area contributed by atoms with Crippen LogP contribution in [0.5, 0.6) is 5.75 Å². The molecule has 0 saturated carbocycles. The van der Waals surface area contributed by atoms with E-state index in [1.54, 1.807) is 0 Å². The molecule has 21 heavy (non-hydrogen) atoms. The van der Waals surface area contributed by atoms with Crippen LogP contribution in [0.1, 0.15) is 26.2 Å². The van der Waals surface area contributed by atoms with Crippen molar-refractivity contribution in [2.75, 3.05) is 26.7 Å². The fourth-order valence-electron chi connectivity index (χ4n) is 2.63. The standard InChI is InChI=1S/C17H26N2O2/c1-14(10-12-21-16-8-4-3-5-9-16)17(20)18-15-7-6-11-19(2)13-15/h3-5,8-9,14-15H,6-7,10-13H2,1-2H3,(H,18,20). The predicted molar refractivity (Wildman–Crippen MR) is 84.4 cm³/mol. The number of likely N-dealkylation sites (N-methyl/N-ethyl adjacent to an activating group) is 1. The average Bonchev–Trinajstić information content (AvgIpc) is 2.48. The van der Waals surface area contributed by atoms with Crippen LogP contribution < -0.4 is 10.1 Å². The SMILES string of the molecule is CC(CCOc1ccccc1)C(=O)NC1CCCN(C)C1. The van der Waals surface area contributed by atoms with Gasteiger partial charge in [-0.05, 0) is 45.0 Å². The molecule has 1 N–H and O–H groups in total. The molecule has 1 amide bonds. The lowest BCUT2D eigenvalue weighted by molar-refractivity contribution is -0.125. The molecule has 1 aromatic carbocycles. The van der Waals surface area contributed by atoms with E-state index in [9.17, 15) is 4.79 Å². The minimum Gasteiger partial charge on any atom is -0.494 e. The Morgan fingerprint density at radius 3 is 2.90 bits per heavy atom. The normalized spacial score (nSPS) is 20.8. The highest BCUT2D eigenvalue weighted by atomic mass is 16.5. The zero-order valence-electron chi connectivity index (χ0n) is 13.0. The van der Waals surface area contributed by atoms with Gasteiger partial charge in [0.1, 0.15) is 5.75 Å². The summed E-state index contributed by atoms with van der Waals surface area (Å²) in [6.45, 7) is 4.63. The van der Waals surface area contributed by atoms with Crippen LogP contribution in [0.4, 0.5) is 0 Å². The molecular weight excluding hydrogens is 264 g/mol. The van der Waals surface area contributed by atoms with Gasteiger partial charge in [-0.1, -0.05) is 25.1 Å². The van der Waals surface area contributed by atoms with Crippen LogP contribution in [0.15, 0.2) is 30.3 Å². The molecule has 0 radical (unpaired) electrons. The van der Waals surface area contributed by atoms with Crippen molar-refractivity contribution in [2.24, 2.45) is 5.92 Å². The number of nitrogens with one attached hydrogen (secondary N) is 1. The number of para-hydroxylation sites is 1. The third-order valence-corrected chi connectivity index (χ3v) is 3.98. The fourth-order valence-corrected chi connectivity index (χ4v) is 2.63. The molecule has 116 valence electrons. The van der Waals surface area contributed by atoms with Gasteiger partial charge in [0, 0.05) is 18.5 Å². The number of likely N-dealkylation sites (tertiary alicyclic amines) is 1. The van der Waals surface area contributed by atoms with Gasteiger partial charge in [0.05, 0.1) is 6.61 Å². The first kappa shape index (κ1) is 15.8. The molecule has 0 bridgehead atoms. The second-order valence-corrected chi connectivity index (χ2v) is 5.96. The lowest BCUT2D eigenvalue weighted by Crippen LogP contribution is -2.47. The lowest BCUT2D eigenvalue weighted by atomic mass is 10.0. The van der Waals surface area contributed by atoms with Crippen molar-refractivity contribution in [3.05, 3.63) is 30.3 Å². The highest BCUT2D eigenvalue weighted by molar-refractivity contribution is 5.78. The van der Waals surface area contributed by atoms with Crippen LogP contribution >= 0.6 is 0 Å².